The third-order valence-corrected chi connectivity index (χ3v) is 18.4. The van der Waals surface area contributed by atoms with E-state index in [1.807, 2.05) is 115 Å². The van der Waals surface area contributed by atoms with E-state index in [1.165, 1.54) is 0 Å². The molecule has 10 aromatic carbocycles. The van der Waals surface area contributed by atoms with Crippen LogP contribution in [0.5, 0.6) is 0 Å². The Labute approximate surface area is 522 Å². The zero-order valence-electron chi connectivity index (χ0n) is 48.6. The first-order valence-corrected chi connectivity index (χ1v) is 30.5. The predicted molar refractivity (Wildman–Crippen MR) is 368 cm³/mol. The molecule has 0 bridgehead atoms. The summed E-state index contributed by atoms with van der Waals surface area (Å²) in [5.74, 6) is 2.11. The van der Waals surface area contributed by atoms with Gasteiger partial charge in [-0.1, -0.05) is 164 Å². The lowest BCUT2D eigenvalue weighted by Crippen LogP contribution is -2.05. The molecule has 0 aliphatic heterocycles. The second-order valence-corrected chi connectivity index (χ2v) is 23.3. The van der Waals surface area contributed by atoms with Gasteiger partial charge in [-0.25, -0.2) is 54.8 Å². The van der Waals surface area contributed by atoms with Crippen LogP contribution in [-0.4, -0.2) is 64.0 Å². The molecule has 1 aliphatic carbocycles. The van der Waals surface area contributed by atoms with Crippen molar-refractivity contribution < 1.29 is 0 Å². The molecule has 92 heavy (non-hydrogen) atoms. The van der Waals surface area contributed by atoms with Gasteiger partial charge in [0.05, 0.1) is 16.7 Å². The summed E-state index contributed by atoms with van der Waals surface area (Å²) in [5, 5.41) is 11.7. The van der Waals surface area contributed by atoms with Crippen LogP contribution in [0.1, 0.15) is 0 Å². The van der Waals surface area contributed by atoms with Crippen molar-refractivity contribution >= 4 is 109 Å². The topological polar surface area (TPSA) is 152 Å². The van der Waals surface area contributed by atoms with Gasteiger partial charge >= 0.3 is 0 Å². The van der Waals surface area contributed by atoms with Crippen LogP contribution in [0.3, 0.4) is 0 Å². The highest BCUT2D eigenvalue weighted by atomic mass is 15.2. The lowest BCUT2D eigenvalue weighted by Gasteiger charge is -2.23. The molecule has 424 valence electrons. The predicted octanol–water partition coefficient (Wildman–Crippen LogP) is 18.1. The summed E-state index contributed by atoms with van der Waals surface area (Å²) < 4.78 is 4.10. The number of para-hydroxylation sites is 2. The summed E-state index contributed by atoms with van der Waals surface area (Å²) >= 11 is 0. The van der Waals surface area contributed by atoms with Crippen LogP contribution < -0.4 is 0 Å². The van der Waals surface area contributed by atoms with Crippen molar-refractivity contribution in [2.24, 2.45) is 0 Å². The number of hydrogen-bond acceptors (Lipinski definition) is 11. The van der Waals surface area contributed by atoms with Crippen LogP contribution in [0.2, 0.25) is 0 Å². The second kappa shape index (κ2) is 19.3. The summed E-state index contributed by atoms with van der Waals surface area (Å²) in [6, 6.07) is 78.1. The van der Waals surface area contributed by atoms with Crippen molar-refractivity contribution in [2.75, 3.05) is 0 Å². The molecule has 13 nitrogen and oxygen atoms in total. The van der Waals surface area contributed by atoms with Crippen LogP contribution in [0.4, 0.5) is 0 Å². The number of hydrogen-bond donors (Lipinski definition) is 0. The minimum Gasteiger partial charge on any atom is -0.262 e. The SMILES string of the molecule is c1ccc(-c2ncc3c4ccccc4c4cnc(-c5ccc6c(n5)-c5ccccc5-c5cc(-c7ccc8c(c7)c7cnc(-n9c%10ccccc%10c%10cccnc%109)nc7c7nc(-n9c%10ccccc%10c%10cccnc%109)ncc87)ccc5-c5ccccc5-6)nc4c3n2)cc1. The van der Waals surface area contributed by atoms with E-state index in [2.05, 4.69) is 156 Å². The van der Waals surface area contributed by atoms with Gasteiger partial charge in [-0.15, -0.1) is 0 Å². The van der Waals surface area contributed by atoms with Crippen LogP contribution in [-0.2, 0) is 0 Å². The summed E-state index contributed by atoms with van der Waals surface area (Å²) in [4.78, 5) is 57.3. The number of fused-ring (bicyclic) bond motifs is 26. The minimum atomic E-state index is 0.488. The number of aromatic nitrogens is 13. The molecule has 0 amide bonds. The number of benzene rings is 10. The molecule has 9 heterocycles. The maximum absolute atomic E-state index is 5.59. The van der Waals surface area contributed by atoms with E-state index in [1.54, 1.807) is 0 Å². The van der Waals surface area contributed by atoms with Gasteiger partial charge in [-0.3, -0.25) is 9.13 Å². The maximum atomic E-state index is 5.59. The van der Waals surface area contributed by atoms with Crippen LogP contribution in [0, 0.1) is 0 Å². The van der Waals surface area contributed by atoms with Gasteiger partial charge in [0.15, 0.2) is 11.6 Å². The molecule has 0 fully saturated rings. The maximum Gasteiger partial charge on any atom is 0.236 e. The Kier molecular flexibility index (Phi) is 10.5. The van der Waals surface area contributed by atoms with Gasteiger partial charge in [-0.05, 0) is 121 Å². The van der Waals surface area contributed by atoms with Crippen LogP contribution in [0.15, 0.2) is 262 Å². The largest absolute Gasteiger partial charge is 0.262 e. The lowest BCUT2D eigenvalue weighted by atomic mass is 9.81. The molecule has 0 unspecified atom stereocenters. The fourth-order valence-electron chi connectivity index (χ4n) is 14.3. The lowest BCUT2D eigenvalue weighted by molar-refractivity contribution is 0.986. The fourth-order valence-corrected chi connectivity index (χ4v) is 14.3. The van der Waals surface area contributed by atoms with Gasteiger partial charge in [0.25, 0.3) is 0 Å². The van der Waals surface area contributed by atoms with Gasteiger partial charge in [0.2, 0.25) is 11.9 Å². The summed E-state index contributed by atoms with van der Waals surface area (Å²) in [5.41, 5.74) is 18.2. The zero-order valence-corrected chi connectivity index (χ0v) is 48.6. The molecule has 13 heteroatoms. The quantitative estimate of drug-likeness (QED) is 0.151. The molecule has 0 N–H and O–H groups in total. The Bertz CT molecular complexity index is 6310. The minimum absolute atomic E-state index is 0.488. The molecular weight excluding hydrogens is 1130 g/mol. The van der Waals surface area contributed by atoms with E-state index in [0.717, 1.165) is 159 Å². The summed E-state index contributed by atoms with van der Waals surface area (Å²) in [6.07, 6.45) is 11.4. The van der Waals surface area contributed by atoms with Gasteiger partial charge in [0, 0.05) is 97.0 Å². The zero-order chi connectivity index (χ0) is 60.1. The number of rotatable bonds is 5. The first-order chi connectivity index (χ1) is 45.6. The van der Waals surface area contributed by atoms with E-state index in [4.69, 9.17) is 54.8 Å². The van der Waals surface area contributed by atoms with Crippen molar-refractivity contribution in [2.45, 2.75) is 0 Å². The standard InChI is InChI=1S/C79H43N13/c1-2-16-44(17-3-1)74-82-40-62-49-20-6-7-21-50(49)63-41-83-75(88-71(63)70(62)87-74)66-35-34-57-48-19-5-4-18-47(48)52-32-30-45(38-60(52)51-22-8-9-25-56(51)69(57)86-66)46-31-33-53-61(39-46)65-43-85-79(92-68-29-13-11-24-55(68)59-27-15-37-81-77(59)92)90-73(65)72-64(53)42-84-78(89-72)91-67-28-12-10-23-54(67)58-26-14-36-80-76(58)91/h1-43H. The van der Waals surface area contributed by atoms with Crippen molar-refractivity contribution in [1.82, 2.24) is 64.0 Å². The molecule has 0 saturated carbocycles. The molecule has 20 rings (SSSR count). The molecule has 0 radical (unpaired) electrons. The van der Waals surface area contributed by atoms with E-state index in [9.17, 15) is 0 Å². The van der Waals surface area contributed by atoms with E-state index in [-0.39, 0.29) is 0 Å². The van der Waals surface area contributed by atoms with Gasteiger partial charge in [-0.2, -0.15) is 0 Å². The third-order valence-electron chi connectivity index (χ3n) is 18.4. The molecule has 19 aromatic rings. The highest BCUT2D eigenvalue weighted by Crippen LogP contribution is 2.49. The number of nitrogens with zero attached hydrogens (tertiary/aromatic N) is 13. The van der Waals surface area contributed by atoms with Gasteiger partial charge in [0.1, 0.15) is 39.1 Å². The Morgan fingerprint density at radius 2 is 0.685 bits per heavy atom. The fraction of sp³-hybridized carbons (Fsp3) is 0. The third kappa shape index (κ3) is 7.32. The van der Waals surface area contributed by atoms with Crippen molar-refractivity contribution in [1.29, 1.82) is 0 Å². The highest BCUT2D eigenvalue weighted by Gasteiger charge is 2.27. The molecule has 0 saturated heterocycles. The molecule has 1 aliphatic rings. The van der Waals surface area contributed by atoms with E-state index >= 15 is 0 Å². The Balaban J connectivity index is 0.765. The monoisotopic (exact) mass is 1170 g/mol. The number of pyridine rings is 3. The van der Waals surface area contributed by atoms with Crippen LogP contribution in [0.25, 0.3) is 200 Å². The average molecular weight is 1170 g/mol. The summed E-state index contributed by atoms with van der Waals surface area (Å²) in [7, 11) is 0. The Morgan fingerprint density at radius 3 is 1.33 bits per heavy atom. The highest BCUT2D eigenvalue weighted by molar-refractivity contribution is 6.25. The summed E-state index contributed by atoms with van der Waals surface area (Å²) in [6.45, 7) is 0. The first-order valence-electron chi connectivity index (χ1n) is 30.5. The average Bonchev–Trinajstić information content (AvgIpc) is 0.982. The van der Waals surface area contributed by atoms with Crippen molar-refractivity contribution in [3.8, 4) is 90.6 Å². The van der Waals surface area contributed by atoms with E-state index in [0.29, 0.717) is 40.3 Å². The van der Waals surface area contributed by atoms with Crippen molar-refractivity contribution in [3.63, 3.8) is 0 Å². The second-order valence-electron chi connectivity index (χ2n) is 23.3. The molecular formula is C79H43N13. The van der Waals surface area contributed by atoms with Gasteiger partial charge < -0.3 is 0 Å². The van der Waals surface area contributed by atoms with E-state index < -0.39 is 0 Å². The van der Waals surface area contributed by atoms with Crippen molar-refractivity contribution in [3.05, 3.63) is 262 Å². The van der Waals surface area contributed by atoms with Crippen LogP contribution >= 0.6 is 0 Å². The Morgan fingerprint density at radius 1 is 0.239 bits per heavy atom. The first kappa shape index (κ1) is 50.2. The molecule has 9 aromatic heterocycles. The smallest absolute Gasteiger partial charge is 0.236 e. The normalized spacial score (nSPS) is 12.1. The Hall–Kier alpha value is -12.9. The molecule has 0 spiro atoms. The molecule has 0 atom stereocenters.